The first-order valence-electron chi connectivity index (χ1n) is 14.5. The lowest BCUT2D eigenvalue weighted by Gasteiger charge is -2.33. The van der Waals surface area contributed by atoms with Gasteiger partial charge in [-0.25, -0.2) is 0 Å². The van der Waals surface area contributed by atoms with Crippen LogP contribution in [-0.4, -0.2) is 54.8 Å². The number of hydrogen-bond acceptors (Lipinski definition) is 3. The summed E-state index contributed by atoms with van der Waals surface area (Å²) in [6.07, 6.45) is 24.4. The fraction of sp³-hybridized carbons (Fsp3) is 0.931. The molecular formula is C29H58NO4+. The number of likely N-dealkylation sites (N-methyl/N-ethyl adjacent to an activating group) is 1. The Morgan fingerprint density at radius 3 is 1.56 bits per heavy atom. The first-order chi connectivity index (χ1) is 16.3. The van der Waals surface area contributed by atoms with E-state index in [0.717, 1.165) is 36.8 Å². The van der Waals surface area contributed by atoms with E-state index >= 15 is 0 Å². The highest BCUT2D eigenvalue weighted by Gasteiger charge is 2.24. The topological polar surface area (TPSA) is 63.6 Å². The van der Waals surface area contributed by atoms with Gasteiger partial charge >= 0.3 is 11.9 Å². The monoisotopic (exact) mass is 484 g/mol. The van der Waals surface area contributed by atoms with Gasteiger partial charge in [-0.3, -0.25) is 9.59 Å². The molecule has 202 valence electrons. The molecule has 5 heteroatoms. The van der Waals surface area contributed by atoms with Crippen LogP contribution in [0.1, 0.15) is 142 Å². The number of ether oxygens (including phenoxy) is 1. The van der Waals surface area contributed by atoms with E-state index in [9.17, 15) is 9.59 Å². The summed E-state index contributed by atoms with van der Waals surface area (Å²) in [5.41, 5.74) is 0. The average molecular weight is 485 g/mol. The minimum atomic E-state index is -0.730. The van der Waals surface area contributed by atoms with E-state index in [1.165, 1.54) is 103 Å². The van der Waals surface area contributed by atoms with Crippen LogP contribution in [0.15, 0.2) is 0 Å². The molecule has 0 spiro atoms. The first-order valence-corrected chi connectivity index (χ1v) is 14.5. The molecule has 0 heterocycles. The highest BCUT2D eigenvalue weighted by atomic mass is 16.5. The van der Waals surface area contributed by atoms with E-state index < -0.39 is 5.97 Å². The van der Waals surface area contributed by atoms with Gasteiger partial charge < -0.3 is 14.3 Å². The van der Waals surface area contributed by atoms with Gasteiger partial charge in [-0.1, -0.05) is 103 Å². The summed E-state index contributed by atoms with van der Waals surface area (Å²) in [6, 6.07) is 0. The van der Waals surface area contributed by atoms with Crippen LogP contribution in [0, 0.1) is 0 Å². The molecule has 0 aliphatic heterocycles. The van der Waals surface area contributed by atoms with Gasteiger partial charge in [-0.15, -0.1) is 0 Å². The number of esters is 1. The van der Waals surface area contributed by atoms with E-state index in [2.05, 4.69) is 21.0 Å². The molecule has 0 radical (unpaired) electrons. The molecule has 0 aliphatic carbocycles. The second-order valence-electron chi connectivity index (χ2n) is 11.0. The molecule has 34 heavy (non-hydrogen) atoms. The summed E-state index contributed by atoms with van der Waals surface area (Å²) in [5, 5.41) is 8.79. The molecule has 0 bridgehead atoms. The van der Waals surface area contributed by atoms with E-state index in [1.54, 1.807) is 0 Å². The van der Waals surface area contributed by atoms with Crippen LogP contribution in [0.4, 0.5) is 0 Å². The number of aliphatic carboxylic acids is 1. The molecule has 0 saturated heterocycles. The number of carbonyl (C=O) groups is 2. The summed E-state index contributed by atoms with van der Waals surface area (Å²) < 4.78 is 6.37. The molecular weight excluding hydrogens is 426 g/mol. The van der Waals surface area contributed by atoms with Crippen LogP contribution >= 0.6 is 0 Å². The smallest absolute Gasteiger partial charge is 0.303 e. The van der Waals surface area contributed by atoms with Crippen LogP contribution in [0.5, 0.6) is 0 Å². The number of unbranched alkanes of at least 4 members (excludes halogenated alkanes) is 16. The normalized spacial score (nSPS) is 12.6. The maximum Gasteiger partial charge on any atom is 0.303 e. The zero-order valence-corrected chi connectivity index (χ0v) is 23.3. The summed E-state index contributed by atoms with van der Waals surface area (Å²) in [5.74, 6) is -0.932. The van der Waals surface area contributed by atoms with Crippen LogP contribution in [0.3, 0.4) is 0 Å². The number of quaternary nitrogens is 1. The number of nitrogens with zero attached hydrogens (tertiary/aromatic N) is 1. The molecule has 0 amide bonds. The summed E-state index contributed by atoms with van der Waals surface area (Å²) in [7, 11) is 4.29. The van der Waals surface area contributed by atoms with Gasteiger partial charge in [-0.05, 0) is 25.7 Å². The Morgan fingerprint density at radius 1 is 0.706 bits per heavy atom. The predicted molar refractivity (Wildman–Crippen MR) is 143 cm³/mol. The van der Waals surface area contributed by atoms with Crippen LogP contribution in [-0.2, 0) is 14.3 Å². The Balaban J connectivity index is 3.75. The molecule has 1 atom stereocenters. The van der Waals surface area contributed by atoms with Crippen LogP contribution < -0.4 is 0 Å². The quantitative estimate of drug-likeness (QED) is 0.0812. The third-order valence-corrected chi connectivity index (χ3v) is 6.81. The standard InChI is InChI=1S/C29H57NO4/c1-5-6-7-8-9-10-11-12-13-14-15-16-17-18-19-20-23-28(34-27(2)31)26-30(3,4)25-22-21-24-29(32)33/h28H,5-26H2,1-4H3/p+1. The highest BCUT2D eigenvalue weighted by molar-refractivity contribution is 5.66. The SMILES string of the molecule is CCCCCCCCCCCCCCCCCCC(C[N+](C)(C)CCCCC(=O)O)OC(C)=O. The van der Waals surface area contributed by atoms with Crippen molar-refractivity contribution in [2.45, 2.75) is 148 Å². The van der Waals surface area contributed by atoms with Crippen molar-refractivity contribution in [3.05, 3.63) is 0 Å². The van der Waals surface area contributed by atoms with Gasteiger partial charge in [0.2, 0.25) is 0 Å². The number of carboxylic acid groups (broad SMARTS) is 1. The van der Waals surface area contributed by atoms with Crippen molar-refractivity contribution in [1.82, 2.24) is 0 Å². The van der Waals surface area contributed by atoms with Gasteiger partial charge in [0, 0.05) is 13.3 Å². The second-order valence-corrected chi connectivity index (χ2v) is 11.0. The third-order valence-electron chi connectivity index (χ3n) is 6.81. The Labute approximate surface area is 211 Å². The lowest BCUT2D eigenvalue weighted by atomic mass is 10.0. The Morgan fingerprint density at radius 2 is 1.15 bits per heavy atom. The van der Waals surface area contributed by atoms with Gasteiger partial charge in [0.05, 0.1) is 20.6 Å². The average Bonchev–Trinajstić information content (AvgIpc) is 2.75. The van der Waals surface area contributed by atoms with Crippen molar-refractivity contribution in [3.63, 3.8) is 0 Å². The second kappa shape index (κ2) is 22.4. The molecule has 1 N–H and O–H groups in total. The lowest BCUT2D eigenvalue weighted by Crippen LogP contribution is -2.47. The Hall–Kier alpha value is -1.10. The number of rotatable bonds is 25. The summed E-state index contributed by atoms with van der Waals surface area (Å²) in [4.78, 5) is 22.2. The summed E-state index contributed by atoms with van der Waals surface area (Å²) >= 11 is 0. The molecule has 0 aliphatic rings. The maximum absolute atomic E-state index is 11.6. The van der Waals surface area contributed by atoms with Crippen LogP contribution in [0.2, 0.25) is 0 Å². The third kappa shape index (κ3) is 24.0. The van der Waals surface area contributed by atoms with Crippen molar-refractivity contribution < 1.29 is 23.9 Å². The molecule has 5 nitrogen and oxygen atoms in total. The Bertz CT molecular complexity index is 493. The van der Waals surface area contributed by atoms with Gasteiger partial charge in [0.25, 0.3) is 0 Å². The van der Waals surface area contributed by atoms with Crippen LogP contribution in [0.25, 0.3) is 0 Å². The molecule has 1 unspecified atom stereocenters. The van der Waals surface area contributed by atoms with Gasteiger partial charge in [-0.2, -0.15) is 0 Å². The number of carbonyl (C=O) groups excluding carboxylic acids is 1. The predicted octanol–water partition coefficient (Wildman–Crippen LogP) is 7.90. The Kier molecular flexibility index (Phi) is 21.6. The number of carboxylic acids is 1. The first kappa shape index (κ1) is 32.9. The fourth-order valence-electron chi connectivity index (χ4n) is 4.80. The van der Waals surface area contributed by atoms with Gasteiger partial charge in [0.15, 0.2) is 6.10 Å². The zero-order valence-electron chi connectivity index (χ0n) is 23.3. The minimum Gasteiger partial charge on any atom is -0.481 e. The van der Waals surface area contributed by atoms with Crippen molar-refractivity contribution >= 4 is 11.9 Å². The molecule has 0 fully saturated rings. The minimum absolute atomic E-state index is 0.0429. The fourth-order valence-corrected chi connectivity index (χ4v) is 4.80. The van der Waals surface area contributed by atoms with Crippen molar-refractivity contribution in [1.29, 1.82) is 0 Å². The molecule has 0 aromatic rings. The van der Waals surface area contributed by atoms with E-state index in [0.29, 0.717) is 6.42 Å². The molecule has 0 aromatic heterocycles. The van der Waals surface area contributed by atoms with Crippen molar-refractivity contribution in [2.75, 3.05) is 27.2 Å². The maximum atomic E-state index is 11.6. The van der Waals surface area contributed by atoms with E-state index in [4.69, 9.17) is 9.84 Å². The number of hydrogen-bond donors (Lipinski definition) is 1. The lowest BCUT2D eigenvalue weighted by molar-refractivity contribution is -0.893. The molecule has 0 saturated carbocycles. The summed E-state index contributed by atoms with van der Waals surface area (Å²) in [6.45, 7) is 5.48. The molecule has 0 aromatic carbocycles. The van der Waals surface area contributed by atoms with Gasteiger partial charge in [0.1, 0.15) is 6.54 Å². The van der Waals surface area contributed by atoms with Crippen molar-refractivity contribution in [3.8, 4) is 0 Å². The molecule has 0 rings (SSSR count). The van der Waals surface area contributed by atoms with E-state index in [1.807, 2.05) is 0 Å². The highest BCUT2D eigenvalue weighted by Crippen LogP contribution is 2.16. The van der Waals surface area contributed by atoms with E-state index in [-0.39, 0.29) is 18.5 Å². The zero-order chi connectivity index (χ0) is 25.5. The van der Waals surface area contributed by atoms with Crippen molar-refractivity contribution in [2.24, 2.45) is 0 Å². The largest absolute Gasteiger partial charge is 0.481 e.